The maximum atomic E-state index is 12.8. The predicted octanol–water partition coefficient (Wildman–Crippen LogP) is 3.23. The molecule has 1 aromatic heterocycles. The molecule has 0 aliphatic carbocycles. The van der Waals surface area contributed by atoms with Gasteiger partial charge in [-0.25, -0.2) is 4.79 Å². The molecule has 0 aromatic carbocycles. The molecule has 0 fully saturated rings. The zero-order valence-electron chi connectivity index (χ0n) is 5.85. The summed E-state index contributed by atoms with van der Waals surface area (Å²) in [6.07, 6.45) is 0. The Bertz CT molecular complexity index is 350. The van der Waals surface area contributed by atoms with Gasteiger partial charge in [-0.1, -0.05) is 23.2 Å². The van der Waals surface area contributed by atoms with Crippen LogP contribution in [0.2, 0.25) is 10.0 Å². The van der Waals surface area contributed by atoms with Crippen LogP contribution in [0.1, 0.15) is 4.88 Å². The lowest BCUT2D eigenvalue weighted by Gasteiger charge is -2.08. The molecule has 1 heterocycles. The first-order chi connectivity index (χ1) is 5.87. The Morgan fingerprint density at radius 1 is 1.54 bits per heavy atom. The first-order valence-corrected chi connectivity index (χ1v) is 4.55. The van der Waals surface area contributed by atoms with Crippen molar-refractivity contribution in [3.63, 3.8) is 0 Å². The Morgan fingerprint density at radius 3 is 2.38 bits per heavy atom. The third-order valence-corrected chi connectivity index (χ3v) is 3.32. The lowest BCUT2D eigenvalue weighted by Crippen LogP contribution is -2.24. The van der Waals surface area contributed by atoms with Crippen molar-refractivity contribution in [2.75, 3.05) is 0 Å². The molecule has 2 nitrogen and oxygen atoms in total. The molecule has 0 amide bonds. The molecule has 1 rings (SSSR count). The zero-order chi connectivity index (χ0) is 10.2. The van der Waals surface area contributed by atoms with Crippen molar-refractivity contribution in [3.05, 3.63) is 20.3 Å². The molecule has 13 heavy (non-hydrogen) atoms. The van der Waals surface area contributed by atoms with Gasteiger partial charge in [-0.3, -0.25) is 0 Å². The summed E-state index contributed by atoms with van der Waals surface area (Å²) in [7, 11) is 0. The zero-order valence-corrected chi connectivity index (χ0v) is 8.18. The highest BCUT2D eigenvalue weighted by Gasteiger charge is 2.44. The molecule has 0 unspecified atom stereocenters. The molecule has 0 aliphatic heterocycles. The summed E-state index contributed by atoms with van der Waals surface area (Å²) < 4.78 is 25.6. The fourth-order valence-electron chi connectivity index (χ4n) is 0.632. The lowest BCUT2D eigenvalue weighted by atomic mass is 10.3. The van der Waals surface area contributed by atoms with Gasteiger partial charge in [0.25, 0.3) is 0 Å². The van der Waals surface area contributed by atoms with Crippen LogP contribution >= 0.6 is 34.5 Å². The Morgan fingerprint density at radius 2 is 2.08 bits per heavy atom. The molecule has 0 atom stereocenters. The molecule has 72 valence electrons. The van der Waals surface area contributed by atoms with E-state index in [1.807, 2.05) is 0 Å². The van der Waals surface area contributed by atoms with E-state index in [9.17, 15) is 13.6 Å². The highest BCUT2D eigenvalue weighted by atomic mass is 35.5. The molecule has 1 N–H and O–H groups in total. The quantitative estimate of drug-likeness (QED) is 0.870. The molecule has 0 saturated carbocycles. The summed E-state index contributed by atoms with van der Waals surface area (Å²) >= 11 is 11.3. The Labute approximate surface area is 85.7 Å². The van der Waals surface area contributed by atoms with Crippen LogP contribution in [0.15, 0.2) is 5.38 Å². The molecule has 0 bridgehead atoms. The van der Waals surface area contributed by atoms with Crippen molar-refractivity contribution in [1.29, 1.82) is 0 Å². The molecule has 1 aromatic rings. The highest BCUT2D eigenvalue weighted by Crippen LogP contribution is 2.41. The van der Waals surface area contributed by atoms with E-state index in [0.717, 1.165) is 5.38 Å². The number of hydrogen-bond acceptors (Lipinski definition) is 2. The monoisotopic (exact) mass is 246 g/mol. The van der Waals surface area contributed by atoms with Crippen molar-refractivity contribution in [1.82, 2.24) is 0 Å². The Hall–Kier alpha value is -0.390. The fraction of sp³-hybridized carbons (Fsp3) is 0.167. The van der Waals surface area contributed by atoms with E-state index in [1.165, 1.54) is 0 Å². The van der Waals surface area contributed by atoms with E-state index < -0.39 is 21.8 Å². The highest BCUT2D eigenvalue weighted by molar-refractivity contribution is 7.11. The molecular weight excluding hydrogens is 245 g/mol. The van der Waals surface area contributed by atoms with E-state index in [0.29, 0.717) is 11.3 Å². The summed E-state index contributed by atoms with van der Waals surface area (Å²) in [5.41, 5.74) is 0. The number of carboxylic acids is 1. The van der Waals surface area contributed by atoms with Crippen LogP contribution in [0, 0.1) is 0 Å². The van der Waals surface area contributed by atoms with Crippen molar-refractivity contribution in [3.8, 4) is 0 Å². The summed E-state index contributed by atoms with van der Waals surface area (Å²) in [5.74, 6) is -6.22. The summed E-state index contributed by atoms with van der Waals surface area (Å²) in [6, 6.07) is 0. The lowest BCUT2D eigenvalue weighted by molar-refractivity contribution is -0.165. The molecule has 0 aliphatic rings. The third-order valence-electron chi connectivity index (χ3n) is 1.24. The minimum atomic E-state index is -3.98. The van der Waals surface area contributed by atoms with Crippen LogP contribution in [0.5, 0.6) is 0 Å². The summed E-state index contributed by atoms with van der Waals surface area (Å²) in [6.45, 7) is 0. The topological polar surface area (TPSA) is 37.3 Å². The molecular formula is C6H2Cl2F2O2S. The number of carbonyl (C=O) groups is 1. The van der Waals surface area contributed by atoms with Gasteiger partial charge < -0.3 is 5.11 Å². The minimum absolute atomic E-state index is 0.0670. The summed E-state index contributed by atoms with van der Waals surface area (Å²) in [4.78, 5) is 9.39. The average Bonchev–Trinajstić information content (AvgIpc) is 2.33. The predicted molar refractivity (Wildman–Crippen MR) is 45.9 cm³/mol. The number of halogens is 4. The number of hydrogen-bond donors (Lipinski definition) is 1. The van der Waals surface area contributed by atoms with Crippen molar-refractivity contribution >= 4 is 40.5 Å². The van der Waals surface area contributed by atoms with Gasteiger partial charge in [0.2, 0.25) is 0 Å². The van der Waals surface area contributed by atoms with Gasteiger partial charge in [0.1, 0.15) is 4.88 Å². The van der Waals surface area contributed by atoms with Gasteiger partial charge >= 0.3 is 11.9 Å². The smallest absolute Gasteiger partial charge is 0.380 e. The number of thiophene rings is 1. The van der Waals surface area contributed by atoms with Gasteiger partial charge in [-0.05, 0) is 0 Å². The largest absolute Gasteiger partial charge is 0.477 e. The Kier molecular flexibility index (Phi) is 2.79. The SMILES string of the molecule is O=C(O)C(F)(F)c1scc(Cl)c1Cl. The number of alkyl halides is 2. The molecule has 0 radical (unpaired) electrons. The second kappa shape index (κ2) is 3.40. The second-order valence-electron chi connectivity index (χ2n) is 2.11. The van der Waals surface area contributed by atoms with Gasteiger partial charge in [-0.15, -0.1) is 11.3 Å². The van der Waals surface area contributed by atoms with E-state index in [4.69, 9.17) is 28.3 Å². The van der Waals surface area contributed by atoms with Crippen molar-refractivity contribution in [2.45, 2.75) is 5.92 Å². The van der Waals surface area contributed by atoms with Crippen LogP contribution in [0.3, 0.4) is 0 Å². The number of rotatable bonds is 2. The second-order valence-corrected chi connectivity index (χ2v) is 3.77. The fourth-order valence-corrected chi connectivity index (χ4v) is 2.08. The van der Waals surface area contributed by atoms with Crippen LogP contribution in [-0.4, -0.2) is 11.1 Å². The van der Waals surface area contributed by atoms with Crippen LogP contribution in [-0.2, 0) is 10.7 Å². The van der Waals surface area contributed by atoms with E-state index >= 15 is 0 Å². The van der Waals surface area contributed by atoms with Crippen LogP contribution < -0.4 is 0 Å². The molecule has 0 spiro atoms. The summed E-state index contributed by atoms with van der Waals surface area (Å²) in [5, 5.41) is 8.88. The van der Waals surface area contributed by atoms with E-state index in [2.05, 4.69) is 0 Å². The maximum absolute atomic E-state index is 12.8. The van der Waals surface area contributed by atoms with E-state index in [1.54, 1.807) is 0 Å². The van der Waals surface area contributed by atoms with Crippen molar-refractivity contribution in [2.24, 2.45) is 0 Å². The molecule has 0 saturated heterocycles. The van der Waals surface area contributed by atoms with Crippen LogP contribution in [0.25, 0.3) is 0 Å². The first kappa shape index (κ1) is 10.7. The Balaban J connectivity index is 3.22. The number of aliphatic carboxylic acids is 1. The van der Waals surface area contributed by atoms with Gasteiger partial charge in [0, 0.05) is 5.38 Å². The third kappa shape index (κ3) is 1.77. The van der Waals surface area contributed by atoms with Crippen molar-refractivity contribution < 1.29 is 18.7 Å². The molecule has 7 heteroatoms. The van der Waals surface area contributed by atoms with Gasteiger partial charge in [0.05, 0.1) is 10.0 Å². The van der Waals surface area contributed by atoms with Crippen LogP contribution in [0.4, 0.5) is 8.78 Å². The maximum Gasteiger partial charge on any atom is 0.380 e. The minimum Gasteiger partial charge on any atom is -0.477 e. The van der Waals surface area contributed by atoms with Gasteiger partial charge in [-0.2, -0.15) is 8.78 Å². The first-order valence-electron chi connectivity index (χ1n) is 2.91. The standard InChI is InChI=1S/C6H2Cl2F2O2S/c7-2-1-13-4(3(2)8)6(9,10)5(11)12/h1H,(H,11,12). The number of carboxylic acid groups (broad SMARTS) is 1. The normalized spacial score (nSPS) is 11.7. The van der Waals surface area contributed by atoms with E-state index in [-0.39, 0.29) is 5.02 Å². The average molecular weight is 247 g/mol. The van der Waals surface area contributed by atoms with Gasteiger partial charge in [0.15, 0.2) is 0 Å².